The lowest BCUT2D eigenvalue weighted by Crippen LogP contribution is -2.55. The van der Waals surface area contributed by atoms with E-state index in [0.717, 1.165) is 32.1 Å². The highest BCUT2D eigenvalue weighted by atomic mass is 32.2. The van der Waals surface area contributed by atoms with Gasteiger partial charge in [-0.3, -0.25) is 14.4 Å². The molecule has 3 aliphatic rings. The fraction of sp³-hybridized carbons (Fsp3) is 0.812. The molecule has 0 bridgehead atoms. The summed E-state index contributed by atoms with van der Waals surface area (Å²) in [4.78, 5) is 38.3. The zero-order valence-electron chi connectivity index (χ0n) is 13.8. The van der Waals surface area contributed by atoms with Crippen molar-refractivity contribution in [3.05, 3.63) is 0 Å². The van der Waals surface area contributed by atoms with Crippen LogP contribution >= 0.6 is 11.8 Å². The quantitative estimate of drug-likeness (QED) is 0.801. The molecular weight excluding hydrogens is 314 g/mol. The molecule has 0 spiro atoms. The first-order valence-electron chi connectivity index (χ1n) is 8.47. The second-order valence-electron chi connectivity index (χ2n) is 6.99. The van der Waals surface area contributed by atoms with Gasteiger partial charge in [0, 0.05) is 18.2 Å². The topological polar surface area (TPSA) is 78.5 Å². The summed E-state index contributed by atoms with van der Waals surface area (Å²) in [5.74, 6) is 0.295. The number of thioether (sulfide) groups is 1. The van der Waals surface area contributed by atoms with Gasteiger partial charge in [-0.05, 0) is 33.1 Å². The van der Waals surface area contributed by atoms with E-state index in [9.17, 15) is 14.4 Å². The van der Waals surface area contributed by atoms with Gasteiger partial charge >= 0.3 is 0 Å². The van der Waals surface area contributed by atoms with Crippen molar-refractivity contribution >= 4 is 29.5 Å². The molecule has 3 atom stereocenters. The lowest BCUT2D eigenvalue weighted by atomic mass is 10.2. The van der Waals surface area contributed by atoms with E-state index in [2.05, 4.69) is 10.6 Å². The lowest BCUT2D eigenvalue weighted by molar-refractivity contribution is -0.139. The molecule has 2 N–H and O–H groups in total. The average molecular weight is 339 g/mol. The molecule has 23 heavy (non-hydrogen) atoms. The normalized spacial score (nSPS) is 32.0. The molecule has 3 fully saturated rings. The molecule has 0 aromatic carbocycles. The second-order valence-corrected chi connectivity index (χ2v) is 8.49. The van der Waals surface area contributed by atoms with Crippen LogP contribution in [-0.4, -0.2) is 51.4 Å². The molecule has 0 aromatic rings. The Bertz CT molecular complexity index is 521. The molecule has 2 saturated heterocycles. The van der Waals surface area contributed by atoms with Crippen LogP contribution in [0.2, 0.25) is 0 Å². The number of hydrogen-bond acceptors (Lipinski definition) is 4. The largest absolute Gasteiger partial charge is 0.352 e. The molecule has 0 radical (unpaired) electrons. The molecule has 1 aliphatic carbocycles. The van der Waals surface area contributed by atoms with E-state index in [-0.39, 0.29) is 28.6 Å². The Morgan fingerprint density at radius 1 is 1.35 bits per heavy atom. The van der Waals surface area contributed by atoms with Crippen molar-refractivity contribution in [3.63, 3.8) is 0 Å². The third-order valence-electron chi connectivity index (χ3n) is 5.20. The van der Waals surface area contributed by atoms with Crippen molar-refractivity contribution in [3.8, 4) is 0 Å². The number of nitrogens with one attached hydrogen (secondary N) is 2. The van der Waals surface area contributed by atoms with Gasteiger partial charge in [-0.2, -0.15) is 0 Å². The highest BCUT2D eigenvalue weighted by molar-refractivity contribution is 8.01. The van der Waals surface area contributed by atoms with Crippen LogP contribution in [0.4, 0.5) is 0 Å². The minimum Gasteiger partial charge on any atom is -0.352 e. The van der Waals surface area contributed by atoms with E-state index in [0.29, 0.717) is 12.2 Å². The smallest absolute Gasteiger partial charge is 0.244 e. The Kier molecular flexibility index (Phi) is 4.58. The van der Waals surface area contributed by atoms with Gasteiger partial charge in [0.25, 0.3) is 0 Å². The summed E-state index contributed by atoms with van der Waals surface area (Å²) < 4.78 is 0. The van der Waals surface area contributed by atoms with E-state index in [4.69, 9.17) is 0 Å². The number of carbonyl (C=O) groups is 3. The van der Waals surface area contributed by atoms with Gasteiger partial charge in [-0.1, -0.05) is 12.8 Å². The highest BCUT2D eigenvalue weighted by Gasteiger charge is 2.53. The summed E-state index contributed by atoms with van der Waals surface area (Å²) in [6.07, 6.45) is 5.64. The van der Waals surface area contributed by atoms with Crippen LogP contribution in [0, 0.1) is 0 Å². The molecule has 3 amide bonds. The molecule has 1 saturated carbocycles. The molecule has 0 aromatic heterocycles. The van der Waals surface area contributed by atoms with E-state index in [1.165, 1.54) is 0 Å². The van der Waals surface area contributed by atoms with Crippen LogP contribution < -0.4 is 10.6 Å². The van der Waals surface area contributed by atoms with Crippen molar-refractivity contribution in [1.82, 2.24) is 15.5 Å². The van der Waals surface area contributed by atoms with Gasteiger partial charge < -0.3 is 15.5 Å². The molecule has 2 aliphatic heterocycles. The zero-order valence-corrected chi connectivity index (χ0v) is 14.6. The molecule has 3 rings (SSSR count). The standard InChI is InChI=1S/C16H25N3O3S/c1-10(14(21)18-11-5-3-4-6-11)17-15(22)12-9-23-16(2)8-7-13(20)19(12)16/h10-12H,3-9H2,1-2H3,(H,17,22)(H,18,21)/t10-,12-,16-/m0/s1. The maximum absolute atomic E-state index is 12.5. The maximum atomic E-state index is 12.5. The van der Waals surface area contributed by atoms with Crippen molar-refractivity contribution < 1.29 is 14.4 Å². The monoisotopic (exact) mass is 339 g/mol. The van der Waals surface area contributed by atoms with E-state index in [1.807, 2.05) is 6.92 Å². The van der Waals surface area contributed by atoms with E-state index in [1.54, 1.807) is 23.6 Å². The van der Waals surface area contributed by atoms with Crippen LogP contribution in [0.5, 0.6) is 0 Å². The summed E-state index contributed by atoms with van der Waals surface area (Å²) >= 11 is 1.66. The third kappa shape index (κ3) is 3.20. The van der Waals surface area contributed by atoms with Crippen LogP contribution in [0.1, 0.15) is 52.4 Å². The summed E-state index contributed by atoms with van der Waals surface area (Å²) in [6, 6.07) is -0.785. The van der Waals surface area contributed by atoms with Crippen molar-refractivity contribution in [1.29, 1.82) is 0 Å². The van der Waals surface area contributed by atoms with Crippen LogP contribution in [-0.2, 0) is 14.4 Å². The average Bonchev–Trinajstić information content (AvgIpc) is 3.18. The zero-order chi connectivity index (χ0) is 16.6. The fourth-order valence-corrected chi connectivity index (χ4v) is 5.22. The Labute approximate surface area is 141 Å². The fourth-order valence-electron chi connectivity index (χ4n) is 3.79. The number of nitrogens with zero attached hydrogens (tertiary/aromatic N) is 1. The third-order valence-corrected chi connectivity index (χ3v) is 6.71. The molecule has 6 nitrogen and oxygen atoms in total. The lowest BCUT2D eigenvalue weighted by Gasteiger charge is -2.30. The van der Waals surface area contributed by atoms with Crippen LogP contribution in [0.15, 0.2) is 0 Å². The van der Waals surface area contributed by atoms with Gasteiger partial charge in [0.2, 0.25) is 17.7 Å². The highest BCUT2D eigenvalue weighted by Crippen LogP contribution is 2.47. The summed E-state index contributed by atoms with van der Waals surface area (Å²) in [5, 5.41) is 5.79. The summed E-state index contributed by atoms with van der Waals surface area (Å²) in [6.45, 7) is 3.72. The SMILES string of the molecule is C[C@H](NC(=O)[C@@H]1CS[C@@]2(C)CCC(=O)N12)C(=O)NC1CCCC1. The minimum atomic E-state index is -0.572. The summed E-state index contributed by atoms with van der Waals surface area (Å²) in [7, 11) is 0. The molecule has 2 heterocycles. The molecular formula is C16H25N3O3S. The van der Waals surface area contributed by atoms with Gasteiger partial charge in [-0.25, -0.2) is 0 Å². The van der Waals surface area contributed by atoms with Crippen molar-refractivity contribution in [2.24, 2.45) is 0 Å². The van der Waals surface area contributed by atoms with Crippen LogP contribution in [0.25, 0.3) is 0 Å². The number of rotatable bonds is 4. The molecule has 7 heteroatoms. The molecule has 0 unspecified atom stereocenters. The van der Waals surface area contributed by atoms with Gasteiger partial charge in [0.05, 0.1) is 4.87 Å². The summed E-state index contributed by atoms with van der Waals surface area (Å²) in [5.41, 5.74) is 0. The Balaban J connectivity index is 1.56. The Morgan fingerprint density at radius 3 is 2.74 bits per heavy atom. The molecule has 128 valence electrons. The minimum absolute atomic E-state index is 0.0423. The first-order chi connectivity index (χ1) is 10.9. The van der Waals surface area contributed by atoms with Gasteiger partial charge in [0.1, 0.15) is 12.1 Å². The van der Waals surface area contributed by atoms with Crippen molar-refractivity contribution in [2.45, 2.75) is 75.4 Å². The number of hydrogen-bond donors (Lipinski definition) is 2. The van der Waals surface area contributed by atoms with Gasteiger partial charge in [0.15, 0.2) is 0 Å². The van der Waals surface area contributed by atoms with Gasteiger partial charge in [-0.15, -0.1) is 11.8 Å². The Morgan fingerprint density at radius 2 is 2.04 bits per heavy atom. The van der Waals surface area contributed by atoms with Crippen molar-refractivity contribution in [2.75, 3.05) is 5.75 Å². The second kappa shape index (κ2) is 6.34. The first kappa shape index (κ1) is 16.6. The first-order valence-corrected chi connectivity index (χ1v) is 9.46. The number of carbonyl (C=O) groups excluding carboxylic acids is 3. The van der Waals surface area contributed by atoms with E-state index < -0.39 is 12.1 Å². The number of fused-ring (bicyclic) bond motifs is 1. The van der Waals surface area contributed by atoms with E-state index >= 15 is 0 Å². The maximum Gasteiger partial charge on any atom is 0.244 e. The predicted octanol–water partition coefficient (Wildman–Crippen LogP) is 1.00. The Hall–Kier alpha value is -1.24. The van der Waals surface area contributed by atoms with Crippen LogP contribution in [0.3, 0.4) is 0 Å². The number of amides is 3. The predicted molar refractivity (Wildman–Crippen MR) is 88.7 cm³/mol.